The molecule has 0 aromatic heterocycles. The summed E-state index contributed by atoms with van der Waals surface area (Å²) in [4.78, 5) is 26.3. The van der Waals surface area contributed by atoms with E-state index >= 15 is 0 Å². The predicted octanol–water partition coefficient (Wildman–Crippen LogP) is 3.07. The molecule has 0 radical (unpaired) electrons. The molecule has 0 atom stereocenters. The minimum atomic E-state index is -0.202. The van der Waals surface area contributed by atoms with Gasteiger partial charge in [-0.05, 0) is 35.1 Å². The standard InChI is InChI=1S/C22H26N2O3/c1-22(2,3)17-9-10-19-18(13-17)24(21(26)15-27-19)14-20(25)23-12-11-16-7-5-4-6-8-16/h4-10,13H,11-12,14-15H2,1-3H3,(H,23,25). The maximum Gasteiger partial charge on any atom is 0.265 e. The summed E-state index contributed by atoms with van der Waals surface area (Å²) in [5, 5.41) is 2.90. The second-order valence-corrected chi connectivity index (χ2v) is 7.79. The number of ether oxygens (including phenoxy) is 1. The third-order valence-corrected chi connectivity index (χ3v) is 4.65. The second-order valence-electron chi connectivity index (χ2n) is 7.79. The van der Waals surface area contributed by atoms with Gasteiger partial charge in [-0.1, -0.05) is 57.2 Å². The lowest BCUT2D eigenvalue weighted by molar-refractivity contribution is -0.125. The van der Waals surface area contributed by atoms with Gasteiger partial charge in [0, 0.05) is 6.54 Å². The number of anilines is 1. The number of carbonyl (C=O) groups is 2. The van der Waals surface area contributed by atoms with Gasteiger partial charge in [0.1, 0.15) is 12.3 Å². The van der Waals surface area contributed by atoms with Crippen LogP contribution in [0.2, 0.25) is 0 Å². The Labute approximate surface area is 160 Å². The van der Waals surface area contributed by atoms with E-state index in [2.05, 4.69) is 26.1 Å². The highest BCUT2D eigenvalue weighted by molar-refractivity contribution is 6.02. The van der Waals surface area contributed by atoms with Crippen LogP contribution in [0.1, 0.15) is 31.9 Å². The van der Waals surface area contributed by atoms with E-state index in [1.165, 1.54) is 10.5 Å². The molecule has 2 aromatic rings. The summed E-state index contributed by atoms with van der Waals surface area (Å²) in [5.74, 6) is 0.264. The number of nitrogens with one attached hydrogen (secondary N) is 1. The summed E-state index contributed by atoms with van der Waals surface area (Å²) in [6.07, 6.45) is 0.758. The van der Waals surface area contributed by atoms with Gasteiger partial charge in [-0.2, -0.15) is 0 Å². The van der Waals surface area contributed by atoms with Gasteiger partial charge in [0.25, 0.3) is 5.91 Å². The molecule has 3 rings (SSSR count). The highest BCUT2D eigenvalue weighted by Gasteiger charge is 2.28. The Kier molecular flexibility index (Phi) is 5.49. The van der Waals surface area contributed by atoms with Crippen LogP contribution in [0.25, 0.3) is 0 Å². The third-order valence-electron chi connectivity index (χ3n) is 4.65. The summed E-state index contributed by atoms with van der Waals surface area (Å²) in [7, 11) is 0. The Morgan fingerprint density at radius 2 is 1.89 bits per heavy atom. The highest BCUT2D eigenvalue weighted by atomic mass is 16.5. The quantitative estimate of drug-likeness (QED) is 0.885. The fraction of sp³-hybridized carbons (Fsp3) is 0.364. The molecule has 0 spiro atoms. The van der Waals surface area contributed by atoms with Gasteiger partial charge in [0.15, 0.2) is 6.61 Å². The van der Waals surface area contributed by atoms with Crippen LogP contribution in [0.15, 0.2) is 48.5 Å². The van der Waals surface area contributed by atoms with E-state index in [0.29, 0.717) is 18.0 Å². The summed E-state index contributed by atoms with van der Waals surface area (Å²) in [6.45, 7) is 6.83. The van der Waals surface area contributed by atoms with Crippen molar-refractivity contribution < 1.29 is 14.3 Å². The zero-order valence-corrected chi connectivity index (χ0v) is 16.1. The molecule has 142 valence electrons. The molecule has 0 saturated carbocycles. The van der Waals surface area contributed by atoms with Crippen molar-refractivity contribution in [1.29, 1.82) is 0 Å². The van der Waals surface area contributed by atoms with Crippen LogP contribution in [0.3, 0.4) is 0 Å². The maximum absolute atomic E-state index is 12.4. The number of hydrogen-bond donors (Lipinski definition) is 1. The number of carbonyl (C=O) groups excluding carboxylic acids is 2. The lowest BCUT2D eigenvalue weighted by Crippen LogP contribution is -2.45. The van der Waals surface area contributed by atoms with Crippen LogP contribution < -0.4 is 15.0 Å². The van der Waals surface area contributed by atoms with Crippen molar-refractivity contribution >= 4 is 17.5 Å². The lowest BCUT2D eigenvalue weighted by atomic mass is 9.86. The molecule has 27 heavy (non-hydrogen) atoms. The van der Waals surface area contributed by atoms with Crippen molar-refractivity contribution in [2.45, 2.75) is 32.6 Å². The van der Waals surface area contributed by atoms with E-state index in [4.69, 9.17) is 4.74 Å². The first-order chi connectivity index (χ1) is 12.8. The van der Waals surface area contributed by atoms with Crippen LogP contribution in [-0.2, 0) is 21.4 Å². The van der Waals surface area contributed by atoms with Crippen molar-refractivity contribution in [1.82, 2.24) is 5.32 Å². The molecule has 0 fully saturated rings. The van der Waals surface area contributed by atoms with Gasteiger partial charge in [-0.25, -0.2) is 0 Å². The second kappa shape index (κ2) is 7.82. The van der Waals surface area contributed by atoms with Crippen LogP contribution >= 0.6 is 0 Å². The van der Waals surface area contributed by atoms with E-state index in [9.17, 15) is 9.59 Å². The van der Waals surface area contributed by atoms with Crippen LogP contribution in [0.5, 0.6) is 5.75 Å². The molecule has 1 aliphatic heterocycles. The van der Waals surface area contributed by atoms with Crippen molar-refractivity contribution in [2.24, 2.45) is 0 Å². The van der Waals surface area contributed by atoms with E-state index in [0.717, 1.165) is 12.0 Å². The van der Waals surface area contributed by atoms with Crippen LogP contribution in [-0.4, -0.2) is 31.5 Å². The third kappa shape index (κ3) is 4.67. The van der Waals surface area contributed by atoms with Gasteiger partial charge in [0.2, 0.25) is 5.91 Å². The minimum absolute atomic E-state index is 0.00240. The largest absolute Gasteiger partial charge is 0.482 e. The van der Waals surface area contributed by atoms with Crippen molar-refractivity contribution in [2.75, 3.05) is 24.6 Å². The normalized spacial score (nSPS) is 13.7. The van der Waals surface area contributed by atoms with Crippen molar-refractivity contribution in [3.63, 3.8) is 0 Å². The maximum atomic E-state index is 12.4. The summed E-state index contributed by atoms with van der Waals surface area (Å²) in [6, 6.07) is 15.8. The van der Waals surface area contributed by atoms with E-state index < -0.39 is 0 Å². The molecule has 0 unspecified atom stereocenters. The van der Waals surface area contributed by atoms with Gasteiger partial charge in [0.05, 0.1) is 5.69 Å². The topological polar surface area (TPSA) is 58.6 Å². The van der Waals surface area contributed by atoms with Gasteiger partial charge >= 0.3 is 0 Å². The van der Waals surface area contributed by atoms with E-state index in [1.54, 1.807) is 0 Å². The molecule has 1 N–H and O–H groups in total. The number of amides is 2. The minimum Gasteiger partial charge on any atom is -0.482 e. The van der Waals surface area contributed by atoms with E-state index in [1.807, 2.05) is 48.5 Å². The summed E-state index contributed by atoms with van der Waals surface area (Å²) < 4.78 is 5.53. The summed E-state index contributed by atoms with van der Waals surface area (Å²) in [5.41, 5.74) is 2.87. The number of benzene rings is 2. The molecule has 2 amide bonds. The van der Waals surface area contributed by atoms with Crippen LogP contribution in [0, 0.1) is 0 Å². The predicted molar refractivity (Wildman–Crippen MR) is 106 cm³/mol. The Morgan fingerprint density at radius 3 is 2.59 bits per heavy atom. The molecule has 5 heteroatoms. The monoisotopic (exact) mass is 366 g/mol. The first-order valence-electron chi connectivity index (χ1n) is 9.23. The van der Waals surface area contributed by atoms with Crippen molar-refractivity contribution in [3.8, 4) is 5.75 Å². The highest BCUT2D eigenvalue weighted by Crippen LogP contribution is 2.36. The Bertz CT molecular complexity index is 825. The average Bonchev–Trinajstić information content (AvgIpc) is 2.64. The lowest BCUT2D eigenvalue weighted by Gasteiger charge is -2.31. The van der Waals surface area contributed by atoms with E-state index in [-0.39, 0.29) is 30.4 Å². The number of rotatable bonds is 5. The first kappa shape index (κ1) is 19.0. The molecule has 2 aromatic carbocycles. The van der Waals surface area contributed by atoms with Gasteiger partial charge in [-0.3, -0.25) is 14.5 Å². The molecule has 0 saturated heterocycles. The molecular formula is C22H26N2O3. The van der Waals surface area contributed by atoms with Crippen molar-refractivity contribution in [3.05, 3.63) is 59.7 Å². The zero-order valence-electron chi connectivity index (χ0n) is 16.1. The molecule has 0 bridgehead atoms. The Balaban J connectivity index is 1.67. The average molecular weight is 366 g/mol. The molecule has 1 heterocycles. The number of nitrogens with zero attached hydrogens (tertiary/aromatic N) is 1. The Morgan fingerprint density at radius 1 is 1.15 bits per heavy atom. The SMILES string of the molecule is CC(C)(C)c1ccc2c(c1)N(CC(=O)NCCc1ccccc1)C(=O)CO2. The number of hydrogen-bond acceptors (Lipinski definition) is 3. The van der Waals surface area contributed by atoms with Gasteiger partial charge in [-0.15, -0.1) is 0 Å². The molecule has 1 aliphatic rings. The molecular weight excluding hydrogens is 340 g/mol. The zero-order chi connectivity index (χ0) is 19.4. The number of fused-ring (bicyclic) bond motifs is 1. The smallest absolute Gasteiger partial charge is 0.265 e. The van der Waals surface area contributed by atoms with Crippen LogP contribution in [0.4, 0.5) is 5.69 Å². The van der Waals surface area contributed by atoms with Gasteiger partial charge < -0.3 is 10.1 Å². The molecule has 0 aliphatic carbocycles. The first-order valence-corrected chi connectivity index (χ1v) is 9.23. The fourth-order valence-electron chi connectivity index (χ4n) is 3.03. The fourth-order valence-corrected chi connectivity index (χ4v) is 3.03. The Hall–Kier alpha value is -2.82. The summed E-state index contributed by atoms with van der Waals surface area (Å²) >= 11 is 0. The molecule has 5 nitrogen and oxygen atoms in total.